The first-order valence-corrected chi connectivity index (χ1v) is 5.47. The topological polar surface area (TPSA) is 60.1 Å². The molecule has 1 atom stereocenters. The van der Waals surface area contributed by atoms with E-state index in [1.807, 2.05) is 19.1 Å². The predicted molar refractivity (Wildman–Crippen MR) is 65.0 cm³/mol. The highest BCUT2D eigenvalue weighted by Gasteiger charge is 2.09. The van der Waals surface area contributed by atoms with Crippen molar-refractivity contribution in [1.82, 2.24) is 9.55 Å². The van der Waals surface area contributed by atoms with Crippen LogP contribution in [0.25, 0.3) is 0 Å². The Hall–Kier alpha value is -2.04. The number of furan rings is 1. The third-order valence-electron chi connectivity index (χ3n) is 2.49. The number of anilines is 1. The van der Waals surface area contributed by atoms with Gasteiger partial charge in [0.25, 0.3) is 5.56 Å². The van der Waals surface area contributed by atoms with Crippen molar-refractivity contribution in [2.75, 3.05) is 5.32 Å². The second kappa shape index (κ2) is 4.86. The first kappa shape index (κ1) is 11.4. The fourth-order valence-corrected chi connectivity index (χ4v) is 1.61. The van der Waals surface area contributed by atoms with Gasteiger partial charge in [0, 0.05) is 31.9 Å². The monoisotopic (exact) mass is 233 g/mol. The zero-order valence-electron chi connectivity index (χ0n) is 9.88. The fraction of sp³-hybridized carbons (Fsp3) is 0.333. The molecule has 0 aromatic carbocycles. The lowest BCUT2D eigenvalue weighted by atomic mass is 10.2. The summed E-state index contributed by atoms with van der Waals surface area (Å²) >= 11 is 0. The largest absolute Gasteiger partial charge is 0.469 e. The van der Waals surface area contributed by atoms with E-state index < -0.39 is 0 Å². The van der Waals surface area contributed by atoms with Crippen LogP contribution in [0.5, 0.6) is 0 Å². The van der Waals surface area contributed by atoms with Crippen LogP contribution in [0.1, 0.15) is 12.7 Å². The molecule has 0 spiro atoms. The van der Waals surface area contributed by atoms with Crippen LogP contribution in [-0.4, -0.2) is 15.6 Å². The molecule has 0 amide bonds. The molecule has 2 heterocycles. The van der Waals surface area contributed by atoms with E-state index in [4.69, 9.17) is 4.42 Å². The van der Waals surface area contributed by atoms with Crippen molar-refractivity contribution in [2.45, 2.75) is 19.4 Å². The summed E-state index contributed by atoms with van der Waals surface area (Å²) in [5.41, 5.74) is -0.126. The Bertz CT molecular complexity index is 531. The minimum Gasteiger partial charge on any atom is -0.469 e. The molecule has 90 valence electrons. The number of nitrogens with one attached hydrogen (secondary N) is 1. The average Bonchev–Trinajstić information content (AvgIpc) is 2.77. The van der Waals surface area contributed by atoms with Gasteiger partial charge in [-0.05, 0) is 19.1 Å². The molecule has 0 aliphatic rings. The quantitative estimate of drug-likeness (QED) is 0.867. The van der Waals surface area contributed by atoms with E-state index in [9.17, 15) is 4.79 Å². The zero-order valence-corrected chi connectivity index (χ0v) is 9.88. The molecule has 0 aliphatic carbocycles. The average molecular weight is 233 g/mol. The molecular weight excluding hydrogens is 218 g/mol. The summed E-state index contributed by atoms with van der Waals surface area (Å²) in [7, 11) is 1.70. The van der Waals surface area contributed by atoms with Crippen LogP contribution in [0.15, 0.2) is 40.0 Å². The Morgan fingerprint density at radius 2 is 2.41 bits per heavy atom. The molecule has 0 radical (unpaired) electrons. The third-order valence-corrected chi connectivity index (χ3v) is 2.49. The summed E-state index contributed by atoms with van der Waals surface area (Å²) in [4.78, 5) is 15.8. The molecule has 17 heavy (non-hydrogen) atoms. The van der Waals surface area contributed by atoms with E-state index in [1.165, 1.54) is 4.57 Å². The molecule has 0 bridgehead atoms. The van der Waals surface area contributed by atoms with Crippen LogP contribution in [0.3, 0.4) is 0 Å². The van der Waals surface area contributed by atoms with Gasteiger partial charge in [0.1, 0.15) is 5.76 Å². The van der Waals surface area contributed by atoms with Crippen LogP contribution in [-0.2, 0) is 13.5 Å². The van der Waals surface area contributed by atoms with E-state index in [2.05, 4.69) is 10.3 Å². The molecule has 2 aromatic heterocycles. The van der Waals surface area contributed by atoms with Crippen molar-refractivity contribution in [2.24, 2.45) is 7.05 Å². The molecule has 0 fully saturated rings. The standard InChI is InChI=1S/C12H15N3O2/c1-9(8-10-4-3-7-17-10)14-11-12(16)15(2)6-5-13-11/h3-7,9H,8H2,1-2H3,(H,13,14). The van der Waals surface area contributed by atoms with Gasteiger partial charge in [0.15, 0.2) is 5.82 Å². The van der Waals surface area contributed by atoms with Crippen LogP contribution in [0.2, 0.25) is 0 Å². The van der Waals surface area contributed by atoms with Crippen molar-refractivity contribution in [1.29, 1.82) is 0 Å². The van der Waals surface area contributed by atoms with Crippen LogP contribution in [0, 0.1) is 0 Å². The highest BCUT2D eigenvalue weighted by Crippen LogP contribution is 2.06. The summed E-state index contributed by atoms with van der Waals surface area (Å²) in [6, 6.07) is 3.85. The summed E-state index contributed by atoms with van der Waals surface area (Å²) < 4.78 is 6.75. The van der Waals surface area contributed by atoms with Crippen molar-refractivity contribution in [3.8, 4) is 0 Å². The molecule has 0 aliphatic heterocycles. The number of hydrogen-bond acceptors (Lipinski definition) is 4. The third kappa shape index (κ3) is 2.75. The van der Waals surface area contributed by atoms with Gasteiger partial charge in [-0.15, -0.1) is 0 Å². The van der Waals surface area contributed by atoms with Gasteiger partial charge in [-0.25, -0.2) is 4.98 Å². The highest BCUT2D eigenvalue weighted by atomic mass is 16.3. The first-order valence-electron chi connectivity index (χ1n) is 5.47. The highest BCUT2D eigenvalue weighted by molar-refractivity contribution is 5.32. The fourth-order valence-electron chi connectivity index (χ4n) is 1.61. The van der Waals surface area contributed by atoms with E-state index in [-0.39, 0.29) is 11.6 Å². The van der Waals surface area contributed by atoms with E-state index in [0.29, 0.717) is 12.2 Å². The lowest BCUT2D eigenvalue weighted by molar-refractivity contribution is 0.497. The maximum Gasteiger partial charge on any atom is 0.293 e. The summed E-state index contributed by atoms with van der Waals surface area (Å²) in [6.07, 6.45) is 5.59. The zero-order chi connectivity index (χ0) is 12.3. The minimum absolute atomic E-state index is 0.0868. The Balaban J connectivity index is 2.05. The van der Waals surface area contributed by atoms with Gasteiger partial charge in [0.05, 0.1) is 6.26 Å². The molecular formula is C12H15N3O2. The number of aryl methyl sites for hydroxylation is 1. The van der Waals surface area contributed by atoms with E-state index >= 15 is 0 Å². The van der Waals surface area contributed by atoms with Crippen molar-refractivity contribution in [3.63, 3.8) is 0 Å². The van der Waals surface area contributed by atoms with Gasteiger partial charge >= 0.3 is 0 Å². The van der Waals surface area contributed by atoms with E-state index in [0.717, 1.165) is 5.76 Å². The minimum atomic E-state index is -0.126. The van der Waals surface area contributed by atoms with Gasteiger partial charge in [-0.2, -0.15) is 0 Å². The Kier molecular flexibility index (Phi) is 3.27. The molecule has 0 saturated heterocycles. The Morgan fingerprint density at radius 3 is 3.12 bits per heavy atom. The number of aromatic nitrogens is 2. The Labute approximate surface area is 99.1 Å². The molecule has 1 N–H and O–H groups in total. The predicted octanol–water partition coefficient (Wildman–Crippen LogP) is 1.42. The van der Waals surface area contributed by atoms with Gasteiger partial charge in [0.2, 0.25) is 0 Å². The lowest BCUT2D eigenvalue weighted by Gasteiger charge is -2.12. The number of nitrogens with zero attached hydrogens (tertiary/aromatic N) is 2. The summed E-state index contributed by atoms with van der Waals surface area (Å²) in [5, 5.41) is 3.08. The molecule has 2 aromatic rings. The maximum atomic E-state index is 11.7. The number of hydrogen-bond donors (Lipinski definition) is 1. The van der Waals surface area contributed by atoms with Crippen molar-refractivity contribution < 1.29 is 4.42 Å². The van der Waals surface area contributed by atoms with Gasteiger partial charge in [-0.3, -0.25) is 4.79 Å². The summed E-state index contributed by atoms with van der Waals surface area (Å²) in [6.45, 7) is 1.98. The van der Waals surface area contributed by atoms with Crippen LogP contribution >= 0.6 is 0 Å². The molecule has 2 rings (SSSR count). The lowest BCUT2D eigenvalue weighted by Crippen LogP contribution is -2.27. The smallest absolute Gasteiger partial charge is 0.293 e. The van der Waals surface area contributed by atoms with Crippen LogP contribution in [0.4, 0.5) is 5.82 Å². The van der Waals surface area contributed by atoms with Gasteiger partial charge < -0.3 is 14.3 Å². The molecule has 0 saturated carbocycles. The van der Waals surface area contributed by atoms with Gasteiger partial charge in [-0.1, -0.05) is 0 Å². The normalized spacial score (nSPS) is 12.4. The van der Waals surface area contributed by atoms with Crippen LogP contribution < -0.4 is 10.9 Å². The SMILES string of the molecule is CC(Cc1ccco1)Nc1nccn(C)c1=O. The first-order chi connectivity index (χ1) is 8.16. The second-order valence-electron chi connectivity index (χ2n) is 4.02. The number of rotatable bonds is 4. The molecule has 5 heteroatoms. The molecule has 5 nitrogen and oxygen atoms in total. The Morgan fingerprint density at radius 1 is 1.59 bits per heavy atom. The molecule has 1 unspecified atom stereocenters. The maximum absolute atomic E-state index is 11.7. The van der Waals surface area contributed by atoms with E-state index in [1.54, 1.807) is 25.7 Å². The van der Waals surface area contributed by atoms with Crippen molar-refractivity contribution >= 4 is 5.82 Å². The van der Waals surface area contributed by atoms with Crippen molar-refractivity contribution in [3.05, 3.63) is 46.9 Å². The second-order valence-corrected chi connectivity index (χ2v) is 4.02. The summed E-state index contributed by atoms with van der Waals surface area (Å²) in [5.74, 6) is 1.26.